The molecule has 0 aliphatic carbocycles. The average molecular weight is 264 g/mol. The van der Waals surface area contributed by atoms with Crippen molar-refractivity contribution in [3.05, 3.63) is 42.1 Å². The Bertz CT molecular complexity index is 448. The molecule has 0 N–H and O–H groups in total. The molecule has 0 radical (unpaired) electrons. The molecule has 2 heteroatoms. The van der Waals surface area contributed by atoms with Gasteiger partial charge in [0, 0.05) is 16.4 Å². The Kier molecular flexibility index (Phi) is 3.37. The fourth-order valence-electron chi connectivity index (χ4n) is 1.72. The topological polar surface area (TPSA) is 12.9 Å². The maximum absolute atomic E-state index is 4.36. The van der Waals surface area contributed by atoms with E-state index in [9.17, 15) is 0 Å². The van der Waals surface area contributed by atoms with Crippen LogP contribution < -0.4 is 0 Å². The Morgan fingerprint density at radius 3 is 2.87 bits per heavy atom. The minimum atomic E-state index is 0.559. The lowest BCUT2D eigenvalue weighted by Gasteiger charge is -2.09. The smallest absolute Gasteiger partial charge is 0.0704 e. The van der Waals surface area contributed by atoms with Crippen LogP contribution in [0.1, 0.15) is 18.9 Å². The van der Waals surface area contributed by atoms with Crippen LogP contribution in [0, 0.1) is 0 Å². The summed E-state index contributed by atoms with van der Waals surface area (Å²) < 4.78 is 0. The normalized spacial score (nSPS) is 12.9. The molecule has 78 valence electrons. The maximum atomic E-state index is 4.36. The number of fused-ring (bicyclic) bond motifs is 1. The molecule has 1 nitrogen and oxygen atoms in total. The molecular weight excluding hydrogens is 250 g/mol. The van der Waals surface area contributed by atoms with Gasteiger partial charge in [-0.3, -0.25) is 4.98 Å². The maximum Gasteiger partial charge on any atom is 0.0704 e. The number of para-hydroxylation sites is 1. The summed E-state index contributed by atoms with van der Waals surface area (Å²) in [7, 11) is 0. The number of hydrogen-bond acceptors (Lipinski definition) is 1. The van der Waals surface area contributed by atoms with Crippen LogP contribution >= 0.6 is 15.9 Å². The van der Waals surface area contributed by atoms with E-state index in [1.165, 1.54) is 10.9 Å². The van der Waals surface area contributed by atoms with Crippen LogP contribution in [-0.4, -0.2) is 9.81 Å². The summed E-state index contributed by atoms with van der Waals surface area (Å²) in [4.78, 5) is 4.92. The van der Waals surface area contributed by atoms with Crippen molar-refractivity contribution in [3.8, 4) is 0 Å². The molecule has 2 rings (SSSR count). The molecule has 0 saturated heterocycles. The molecule has 1 aromatic heterocycles. The fraction of sp³-hybridized carbons (Fsp3) is 0.308. The van der Waals surface area contributed by atoms with Gasteiger partial charge < -0.3 is 0 Å². The monoisotopic (exact) mass is 263 g/mol. The van der Waals surface area contributed by atoms with Gasteiger partial charge in [0.15, 0.2) is 0 Å². The first-order valence-electron chi connectivity index (χ1n) is 5.28. The zero-order valence-corrected chi connectivity index (χ0v) is 10.4. The molecule has 1 atom stereocenters. The number of rotatable bonds is 3. The van der Waals surface area contributed by atoms with E-state index < -0.39 is 0 Å². The third kappa shape index (κ3) is 2.37. The Labute approximate surface area is 98.7 Å². The molecule has 0 amide bonds. The van der Waals surface area contributed by atoms with E-state index in [0.29, 0.717) is 4.83 Å². The number of nitrogens with zero attached hydrogens (tertiary/aromatic N) is 1. The van der Waals surface area contributed by atoms with Gasteiger partial charge in [-0.05, 0) is 30.5 Å². The molecule has 2 aromatic rings. The number of aromatic nitrogens is 1. The highest BCUT2D eigenvalue weighted by atomic mass is 79.9. The predicted molar refractivity (Wildman–Crippen MR) is 68.5 cm³/mol. The van der Waals surface area contributed by atoms with E-state index in [1.54, 1.807) is 0 Å². The standard InChI is InChI=1S/C13H14BrN/c1-2-11(14)9-10-7-8-15-13-6-4-3-5-12(10)13/h3-8,11H,2,9H2,1H3. The summed E-state index contributed by atoms with van der Waals surface area (Å²) in [6, 6.07) is 10.4. The largest absolute Gasteiger partial charge is 0.256 e. The minimum Gasteiger partial charge on any atom is -0.256 e. The Balaban J connectivity index is 2.42. The third-order valence-electron chi connectivity index (χ3n) is 2.62. The second-order valence-electron chi connectivity index (χ2n) is 3.70. The lowest BCUT2D eigenvalue weighted by Crippen LogP contribution is -2.01. The van der Waals surface area contributed by atoms with Gasteiger partial charge >= 0.3 is 0 Å². The van der Waals surface area contributed by atoms with E-state index >= 15 is 0 Å². The molecule has 0 fully saturated rings. The van der Waals surface area contributed by atoms with Gasteiger partial charge in [0.2, 0.25) is 0 Å². The number of halogens is 1. The van der Waals surface area contributed by atoms with Gasteiger partial charge in [-0.25, -0.2) is 0 Å². The first kappa shape index (κ1) is 10.6. The molecular formula is C13H14BrN. The summed E-state index contributed by atoms with van der Waals surface area (Å²) in [5.41, 5.74) is 2.47. The highest BCUT2D eigenvalue weighted by molar-refractivity contribution is 9.09. The lowest BCUT2D eigenvalue weighted by atomic mass is 10.0. The van der Waals surface area contributed by atoms with Crippen LogP contribution in [-0.2, 0) is 6.42 Å². The second-order valence-corrected chi connectivity index (χ2v) is 4.99. The van der Waals surface area contributed by atoms with Crippen LogP contribution in [0.4, 0.5) is 0 Å². The molecule has 0 bridgehead atoms. The Hall–Kier alpha value is -0.890. The van der Waals surface area contributed by atoms with Crippen LogP contribution in [0.15, 0.2) is 36.5 Å². The molecule has 0 aliphatic heterocycles. The number of benzene rings is 1. The highest BCUT2D eigenvalue weighted by Gasteiger charge is 2.06. The van der Waals surface area contributed by atoms with Crippen LogP contribution in [0.25, 0.3) is 10.9 Å². The average Bonchev–Trinajstić information content (AvgIpc) is 2.29. The quantitative estimate of drug-likeness (QED) is 0.765. The Morgan fingerprint density at radius 2 is 2.07 bits per heavy atom. The van der Waals surface area contributed by atoms with Crippen molar-refractivity contribution < 1.29 is 0 Å². The third-order valence-corrected chi connectivity index (χ3v) is 3.59. The SMILES string of the molecule is CCC(Br)Cc1ccnc2ccccc12. The summed E-state index contributed by atoms with van der Waals surface area (Å²) in [6.45, 7) is 2.20. The van der Waals surface area contributed by atoms with Gasteiger partial charge in [-0.1, -0.05) is 41.1 Å². The predicted octanol–water partition coefficient (Wildman–Crippen LogP) is 3.95. The summed E-state index contributed by atoms with van der Waals surface area (Å²) in [5, 5.41) is 1.28. The van der Waals surface area contributed by atoms with Gasteiger partial charge in [0.05, 0.1) is 5.52 Å². The highest BCUT2D eigenvalue weighted by Crippen LogP contribution is 2.20. The fourth-order valence-corrected chi connectivity index (χ4v) is 2.06. The molecule has 1 heterocycles. The van der Waals surface area contributed by atoms with Crippen LogP contribution in [0.3, 0.4) is 0 Å². The van der Waals surface area contributed by atoms with Crippen molar-refractivity contribution in [1.29, 1.82) is 0 Å². The molecule has 1 unspecified atom stereocenters. The minimum absolute atomic E-state index is 0.559. The first-order valence-corrected chi connectivity index (χ1v) is 6.19. The van der Waals surface area contributed by atoms with Crippen LogP contribution in [0.2, 0.25) is 0 Å². The van der Waals surface area contributed by atoms with Crippen molar-refractivity contribution >= 4 is 26.8 Å². The van der Waals surface area contributed by atoms with Crippen LogP contribution in [0.5, 0.6) is 0 Å². The van der Waals surface area contributed by atoms with E-state index in [-0.39, 0.29) is 0 Å². The second kappa shape index (κ2) is 4.75. The van der Waals surface area contributed by atoms with Crippen molar-refractivity contribution in [2.45, 2.75) is 24.6 Å². The van der Waals surface area contributed by atoms with E-state index in [1.807, 2.05) is 12.3 Å². The molecule has 0 saturated carbocycles. The lowest BCUT2D eigenvalue weighted by molar-refractivity contribution is 0.833. The van der Waals surface area contributed by atoms with Crippen molar-refractivity contribution in [3.63, 3.8) is 0 Å². The zero-order valence-electron chi connectivity index (χ0n) is 8.78. The van der Waals surface area contributed by atoms with Gasteiger partial charge in [0.1, 0.15) is 0 Å². The first-order chi connectivity index (χ1) is 7.31. The molecule has 15 heavy (non-hydrogen) atoms. The zero-order chi connectivity index (χ0) is 10.7. The van der Waals surface area contributed by atoms with Gasteiger partial charge in [-0.15, -0.1) is 0 Å². The van der Waals surface area contributed by atoms with Gasteiger partial charge in [0.25, 0.3) is 0 Å². The summed E-state index contributed by atoms with van der Waals surface area (Å²) >= 11 is 3.68. The van der Waals surface area contributed by atoms with Crippen molar-refractivity contribution in [2.24, 2.45) is 0 Å². The number of pyridine rings is 1. The van der Waals surface area contributed by atoms with E-state index in [0.717, 1.165) is 18.4 Å². The Morgan fingerprint density at radius 1 is 1.27 bits per heavy atom. The molecule has 0 spiro atoms. The van der Waals surface area contributed by atoms with E-state index in [2.05, 4.69) is 52.1 Å². The summed E-state index contributed by atoms with van der Waals surface area (Å²) in [5.74, 6) is 0. The molecule has 1 aromatic carbocycles. The van der Waals surface area contributed by atoms with Gasteiger partial charge in [-0.2, -0.15) is 0 Å². The number of alkyl halides is 1. The van der Waals surface area contributed by atoms with E-state index in [4.69, 9.17) is 0 Å². The van der Waals surface area contributed by atoms with Crippen molar-refractivity contribution in [2.75, 3.05) is 0 Å². The summed E-state index contributed by atoms with van der Waals surface area (Å²) in [6.07, 6.45) is 4.11. The van der Waals surface area contributed by atoms with Crippen molar-refractivity contribution in [1.82, 2.24) is 4.98 Å². The number of hydrogen-bond donors (Lipinski definition) is 0. The molecule has 0 aliphatic rings.